The number of carbonyl (C=O) groups is 3. The van der Waals surface area contributed by atoms with Crippen LogP contribution in [0.4, 0.5) is 10.5 Å². The molecule has 0 aliphatic carbocycles. The van der Waals surface area contributed by atoms with Crippen molar-refractivity contribution in [2.45, 2.75) is 13.5 Å². The van der Waals surface area contributed by atoms with E-state index in [4.69, 9.17) is 9.47 Å². The van der Waals surface area contributed by atoms with E-state index in [-0.39, 0.29) is 12.2 Å². The fourth-order valence-electron chi connectivity index (χ4n) is 4.28. The first-order valence-corrected chi connectivity index (χ1v) is 12.6. The quantitative estimate of drug-likeness (QED) is 0.221. The number of fused-ring (bicyclic) bond motifs is 1. The SMILES string of the molecule is COc1ccc(/C=C2/C(=O)NC(=O)N(c3ccc(Br)c(C)c3)C2=O)c(OCc2cccc3ccccc23)c1. The van der Waals surface area contributed by atoms with Crippen molar-refractivity contribution in [2.24, 2.45) is 0 Å². The molecule has 7 nitrogen and oxygen atoms in total. The fourth-order valence-corrected chi connectivity index (χ4v) is 4.52. The van der Waals surface area contributed by atoms with Gasteiger partial charge in [0.15, 0.2) is 0 Å². The lowest BCUT2D eigenvalue weighted by Gasteiger charge is -2.27. The van der Waals surface area contributed by atoms with E-state index in [1.54, 1.807) is 43.5 Å². The van der Waals surface area contributed by atoms with Gasteiger partial charge in [0, 0.05) is 16.1 Å². The van der Waals surface area contributed by atoms with E-state index >= 15 is 0 Å². The highest BCUT2D eigenvalue weighted by Gasteiger charge is 2.37. The molecule has 1 aliphatic rings. The summed E-state index contributed by atoms with van der Waals surface area (Å²) in [6.45, 7) is 2.10. The minimum absolute atomic E-state index is 0.189. The number of hydrogen-bond donors (Lipinski definition) is 1. The molecule has 0 aromatic heterocycles. The van der Waals surface area contributed by atoms with Gasteiger partial charge in [0.2, 0.25) is 0 Å². The Kier molecular flexibility index (Phi) is 6.98. The van der Waals surface area contributed by atoms with Gasteiger partial charge in [-0.2, -0.15) is 0 Å². The Morgan fingerprint density at radius 2 is 1.74 bits per heavy atom. The van der Waals surface area contributed by atoms with Crippen LogP contribution in [0.5, 0.6) is 11.5 Å². The van der Waals surface area contributed by atoms with Crippen molar-refractivity contribution in [2.75, 3.05) is 12.0 Å². The van der Waals surface area contributed by atoms with Crippen LogP contribution >= 0.6 is 15.9 Å². The molecular formula is C30H23BrN2O5. The first-order valence-electron chi connectivity index (χ1n) is 11.8. The average molecular weight is 571 g/mol. The Morgan fingerprint density at radius 1 is 0.947 bits per heavy atom. The van der Waals surface area contributed by atoms with Crippen LogP contribution in [0.2, 0.25) is 0 Å². The van der Waals surface area contributed by atoms with Crippen LogP contribution in [0.15, 0.2) is 88.9 Å². The zero-order chi connectivity index (χ0) is 26.8. The summed E-state index contributed by atoms with van der Waals surface area (Å²) in [5, 5.41) is 4.43. The predicted molar refractivity (Wildman–Crippen MR) is 149 cm³/mol. The maximum atomic E-state index is 13.4. The third kappa shape index (κ3) is 4.90. The number of nitrogens with one attached hydrogen (secondary N) is 1. The minimum atomic E-state index is -0.805. The highest BCUT2D eigenvalue weighted by Crippen LogP contribution is 2.31. The maximum absolute atomic E-state index is 13.4. The molecule has 0 bridgehead atoms. The molecular weight excluding hydrogens is 548 g/mol. The van der Waals surface area contributed by atoms with Gasteiger partial charge >= 0.3 is 6.03 Å². The van der Waals surface area contributed by atoms with Crippen LogP contribution in [0, 0.1) is 6.92 Å². The number of hydrogen-bond acceptors (Lipinski definition) is 5. The minimum Gasteiger partial charge on any atom is -0.497 e. The Morgan fingerprint density at radius 3 is 2.53 bits per heavy atom. The molecule has 0 unspecified atom stereocenters. The molecule has 4 aromatic carbocycles. The summed E-state index contributed by atoms with van der Waals surface area (Å²) in [5.41, 5.74) is 2.48. The second-order valence-corrected chi connectivity index (χ2v) is 9.58. The van der Waals surface area contributed by atoms with Gasteiger partial charge in [0.05, 0.1) is 12.8 Å². The third-order valence-electron chi connectivity index (χ3n) is 6.29. The molecule has 0 saturated carbocycles. The molecule has 4 amide bonds. The number of nitrogens with zero attached hydrogens (tertiary/aromatic N) is 1. The summed E-state index contributed by atoms with van der Waals surface area (Å²) in [4.78, 5) is 39.7. The highest BCUT2D eigenvalue weighted by molar-refractivity contribution is 9.10. The molecule has 1 heterocycles. The zero-order valence-electron chi connectivity index (χ0n) is 20.7. The molecule has 1 saturated heterocycles. The average Bonchev–Trinajstić information content (AvgIpc) is 2.92. The van der Waals surface area contributed by atoms with Gasteiger partial charge in [-0.1, -0.05) is 58.4 Å². The third-order valence-corrected chi connectivity index (χ3v) is 7.17. The summed E-state index contributed by atoms with van der Waals surface area (Å²) in [6.07, 6.45) is 1.43. The first-order chi connectivity index (χ1) is 18.4. The number of ether oxygens (including phenoxy) is 2. The van der Waals surface area contributed by atoms with Crippen molar-refractivity contribution >= 4 is 56.3 Å². The van der Waals surface area contributed by atoms with E-state index in [1.807, 2.05) is 49.4 Å². The van der Waals surface area contributed by atoms with E-state index in [0.29, 0.717) is 22.7 Å². The van der Waals surface area contributed by atoms with Gasteiger partial charge in [-0.15, -0.1) is 0 Å². The number of imide groups is 2. The maximum Gasteiger partial charge on any atom is 0.335 e. The van der Waals surface area contributed by atoms with Crippen molar-refractivity contribution in [1.82, 2.24) is 5.32 Å². The number of benzene rings is 4. The molecule has 1 aliphatic heterocycles. The van der Waals surface area contributed by atoms with Gasteiger partial charge in [-0.05, 0) is 65.2 Å². The summed E-state index contributed by atoms with van der Waals surface area (Å²) in [7, 11) is 1.55. The molecule has 1 N–H and O–H groups in total. The van der Waals surface area contributed by atoms with E-state index in [9.17, 15) is 14.4 Å². The lowest BCUT2D eigenvalue weighted by atomic mass is 10.0. The molecule has 0 spiro atoms. The standard InChI is InChI=1S/C30H23BrN2O5/c1-18-14-22(11-13-26(18)31)33-29(35)25(28(34)32-30(33)36)15-20-10-12-23(37-2)16-27(20)38-17-21-8-5-7-19-6-3-4-9-24(19)21/h3-16H,17H2,1-2H3,(H,32,34,36)/b25-15-. The van der Waals surface area contributed by atoms with Crippen molar-refractivity contribution in [3.05, 3.63) is 106 Å². The first kappa shape index (κ1) is 25.2. The van der Waals surface area contributed by atoms with Crippen molar-refractivity contribution in [3.63, 3.8) is 0 Å². The monoisotopic (exact) mass is 570 g/mol. The molecule has 0 atom stereocenters. The number of barbiturate groups is 1. The molecule has 0 radical (unpaired) electrons. The smallest absolute Gasteiger partial charge is 0.335 e. The van der Waals surface area contributed by atoms with Gasteiger partial charge in [-0.25, -0.2) is 9.69 Å². The van der Waals surface area contributed by atoms with Crippen LogP contribution in [0.3, 0.4) is 0 Å². The molecule has 4 aromatic rings. The summed E-state index contributed by atoms with van der Waals surface area (Å²) < 4.78 is 12.4. The second kappa shape index (κ2) is 10.5. The Hall–Kier alpha value is -4.43. The van der Waals surface area contributed by atoms with E-state index in [1.165, 1.54) is 6.08 Å². The number of rotatable bonds is 6. The second-order valence-electron chi connectivity index (χ2n) is 8.72. The Bertz CT molecular complexity index is 1620. The van der Waals surface area contributed by atoms with Crippen molar-refractivity contribution in [1.29, 1.82) is 0 Å². The fraction of sp³-hybridized carbons (Fsp3) is 0.100. The van der Waals surface area contributed by atoms with Crippen LogP contribution in [0.1, 0.15) is 16.7 Å². The summed E-state index contributed by atoms with van der Waals surface area (Å²) in [6, 6.07) is 23.4. The molecule has 190 valence electrons. The zero-order valence-corrected chi connectivity index (χ0v) is 22.2. The number of anilines is 1. The topological polar surface area (TPSA) is 84.9 Å². The molecule has 38 heavy (non-hydrogen) atoms. The van der Waals surface area contributed by atoms with Gasteiger partial charge < -0.3 is 9.47 Å². The van der Waals surface area contributed by atoms with Crippen LogP contribution in [-0.4, -0.2) is 25.0 Å². The van der Waals surface area contributed by atoms with Crippen LogP contribution < -0.4 is 19.7 Å². The Labute approximate surface area is 227 Å². The predicted octanol–water partition coefficient (Wildman–Crippen LogP) is 6.16. The summed E-state index contributed by atoms with van der Waals surface area (Å²) >= 11 is 3.42. The van der Waals surface area contributed by atoms with E-state index in [2.05, 4.69) is 21.2 Å². The van der Waals surface area contributed by atoms with E-state index < -0.39 is 17.8 Å². The Balaban J connectivity index is 1.50. The normalized spacial score (nSPS) is 14.7. The van der Waals surface area contributed by atoms with Crippen molar-refractivity contribution in [3.8, 4) is 11.5 Å². The van der Waals surface area contributed by atoms with Crippen LogP contribution in [0.25, 0.3) is 16.8 Å². The van der Waals surface area contributed by atoms with Gasteiger partial charge in [0.1, 0.15) is 23.7 Å². The van der Waals surface area contributed by atoms with Gasteiger partial charge in [0.25, 0.3) is 11.8 Å². The number of urea groups is 1. The molecule has 8 heteroatoms. The van der Waals surface area contributed by atoms with E-state index in [0.717, 1.165) is 31.3 Å². The van der Waals surface area contributed by atoms with Crippen LogP contribution in [-0.2, 0) is 16.2 Å². The van der Waals surface area contributed by atoms with Crippen molar-refractivity contribution < 1.29 is 23.9 Å². The summed E-state index contributed by atoms with van der Waals surface area (Å²) in [5.74, 6) is -0.521. The molecule has 5 rings (SSSR count). The molecule has 1 fully saturated rings. The number of amides is 4. The lowest BCUT2D eigenvalue weighted by molar-refractivity contribution is -0.122. The largest absolute Gasteiger partial charge is 0.497 e. The number of aryl methyl sites for hydroxylation is 1. The highest BCUT2D eigenvalue weighted by atomic mass is 79.9. The van der Waals surface area contributed by atoms with Gasteiger partial charge in [-0.3, -0.25) is 14.9 Å². The number of methoxy groups -OCH3 is 1. The number of carbonyl (C=O) groups excluding carboxylic acids is 3. The lowest BCUT2D eigenvalue weighted by Crippen LogP contribution is -2.54. The number of halogens is 1.